The maximum atomic E-state index is 12.8. The van der Waals surface area contributed by atoms with Crippen LogP contribution in [0.1, 0.15) is 12.8 Å². The molecule has 5 atom stereocenters. The van der Waals surface area contributed by atoms with Crippen molar-refractivity contribution >= 4 is 17.6 Å². The van der Waals surface area contributed by atoms with Crippen molar-refractivity contribution in [1.82, 2.24) is 0 Å². The summed E-state index contributed by atoms with van der Waals surface area (Å²) < 4.78 is 16.3. The number of nitrogens with one attached hydrogen (secondary N) is 1. The number of carbonyl (C=O) groups excluding carboxylic acids is 2. The van der Waals surface area contributed by atoms with Gasteiger partial charge in [0, 0.05) is 11.6 Å². The summed E-state index contributed by atoms with van der Waals surface area (Å²) in [5.41, 5.74) is 0.692. The molecule has 28 heavy (non-hydrogen) atoms. The first kappa shape index (κ1) is 17.1. The van der Waals surface area contributed by atoms with E-state index in [0.29, 0.717) is 17.2 Å². The van der Waals surface area contributed by atoms with Crippen LogP contribution in [-0.4, -0.2) is 25.1 Å². The van der Waals surface area contributed by atoms with E-state index in [1.54, 1.807) is 31.4 Å². The molecule has 3 fully saturated rings. The van der Waals surface area contributed by atoms with Gasteiger partial charge in [-0.1, -0.05) is 0 Å². The van der Waals surface area contributed by atoms with Crippen LogP contribution in [0.2, 0.25) is 0 Å². The van der Waals surface area contributed by atoms with Gasteiger partial charge in [0.2, 0.25) is 5.91 Å². The van der Waals surface area contributed by atoms with Gasteiger partial charge >= 0.3 is 5.97 Å². The maximum Gasteiger partial charge on any atom is 0.310 e. The molecule has 1 heterocycles. The fraction of sp³-hybridized carbons (Fsp3) is 0.364. The number of rotatable bonds is 5. The number of hydrogen-bond donors (Lipinski definition) is 1. The van der Waals surface area contributed by atoms with Crippen molar-refractivity contribution in [2.75, 3.05) is 12.4 Å². The third kappa shape index (κ3) is 2.80. The summed E-state index contributed by atoms with van der Waals surface area (Å²) in [7, 11) is 1.62. The van der Waals surface area contributed by atoms with Crippen LogP contribution in [0.15, 0.2) is 48.5 Å². The maximum absolute atomic E-state index is 12.8. The van der Waals surface area contributed by atoms with E-state index in [4.69, 9.17) is 14.2 Å². The third-order valence-electron chi connectivity index (χ3n) is 6.20. The number of amides is 1. The Hall–Kier alpha value is -3.02. The van der Waals surface area contributed by atoms with Crippen LogP contribution in [0.4, 0.5) is 5.69 Å². The molecular formula is C22H21NO5. The minimum Gasteiger partial charge on any atom is -0.497 e. The van der Waals surface area contributed by atoms with Gasteiger partial charge in [0.15, 0.2) is 0 Å². The molecule has 2 aliphatic carbocycles. The zero-order chi connectivity index (χ0) is 19.3. The van der Waals surface area contributed by atoms with Crippen molar-refractivity contribution in [1.29, 1.82) is 0 Å². The lowest BCUT2D eigenvalue weighted by molar-refractivity contribution is -0.145. The topological polar surface area (TPSA) is 73.9 Å². The van der Waals surface area contributed by atoms with E-state index in [2.05, 4.69) is 5.32 Å². The van der Waals surface area contributed by atoms with Crippen LogP contribution in [0.5, 0.6) is 17.2 Å². The van der Waals surface area contributed by atoms with E-state index in [1.807, 2.05) is 24.3 Å². The Morgan fingerprint density at radius 2 is 1.64 bits per heavy atom. The van der Waals surface area contributed by atoms with Gasteiger partial charge in [0.25, 0.3) is 0 Å². The summed E-state index contributed by atoms with van der Waals surface area (Å²) in [6.07, 6.45) is 1.79. The summed E-state index contributed by atoms with van der Waals surface area (Å²) >= 11 is 0. The Kier molecular flexibility index (Phi) is 4.00. The second-order valence-corrected chi connectivity index (χ2v) is 7.71. The predicted molar refractivity (Wildman–Crippen MR) is 101 cm³/mol. The SMILES string of the molecule is COc1ccc(Oc2ccc(NC(=O)[C@@H]3[C@@H]4C[C@@H]5[C@H]3C(=O)O[C@@H]5C4)cc2)cc1. The summed E-state index contributed by atoms with van der Waals surface area (Å²) in [6, 6.07) is 14.5. The number of fused-ring (bicyclic) bond motifs is 1. The highest BCUT2D eigenvalue weighted by Crippen LogP contribution is 2.57. The number of carbonyl (C=O) groups is 2. The number of ether oxygens (including phenoxy) is 3. The number of benzene rings is 2. The molecule has 3 aliphatic rings. The molecule has 2 aromatic carbocycles. The highest BCUT2D eigenvalue weighted by atomic mass is 16.6. The average molecular weight is 379 g/mol. The molecule has 0 spiro atoms. The lowest BCUT2D eigenvalue weighted by Gasteiger charge is -2.23. The summed E-state index contributed by atoms with van der Waals surface area (Å²) in [6.45, 7) is 0. The molecule has 2 saturated carbocycles. The normalized spacial score (nSPS) is 29.5. The Balaban J connectivity index is 1.24. The number of hydrogen-bond acceptors (Lipinski definition) is 5. The molecule has 0 radical (unpaired) electrons. The fourth-order valence-electron chi connectivity index (χ4n) is 4.97. The van der Waals surface area contributed by atoms with Crippen LogP contribution in [0, 0.1) is 23.7 Å². The summed E-state index contributed by atoms with van der Waals surface area (Å²) in [4.78, 5) is 24.9. The van der Waals surface area contributed by atoms with Crippen molar-refractivity contribution in [2.24, 2.45) is 23.7 Å². The van der Waals surface area contributed by atoms with Crippen LogP contribution < -0.4 is 14.8 Å². The molecule has 6 heteroatoms. The summed E-state index contributed by atoms with van der Waals surface area (Å²) in [5, 5.41) is 2.96. The first-order chi connectivity index (χ1) is 13.6. The number of esters is 1. The van der Waals surface area contributed by atoms with E-state index < -0.39 is 0 Å². The second kappa shape index (κ2) is 6.55. The van der Waals surface area contributed by atoms with Gasteiger partial charge in [-0.05, 0) is 67.3 Å². The van der Waals surface area contributed by atoms with E-state index in [1.165, 1.54) is 0 Å². The Bertz CT molecular complexity index is 906. The van der Waals surface area contributed by atoms with E-state index >= 15 is 0 Å². The van der Waals surface area contributed by atoms with Crippen LogP contribution >= 0.6 is 0 Å². The van der Waals surface area contributed by atoms with Crippen molar-refractivity contribution < 1.29 is 23.8 Å². The van der Waals surface area contributed by atoms with Crippen molar-refractivity contribution in [3.05, 3.63) is 48.5 Å². The molecule has 0 aromatic heterocycles. The number of methoxy groups -OCH3 is 1. The van der Waals surface area contributed by atoms with E-state index in [9.17, 15) is 9.59 Å². The average Bonchev–Trinajstić information content (AvgIpc) is 3.33. The van der Waals surface area contributed by atoms with Gasteiger partial charge in [0.05, 0.1) is 18.9 Å². The quantitative estimate of drug-likeness (QED) is 0.803. The zero-order valence-electron chi connectivity index (χ0n) is 15.5. The number of anilines is 1. The van der Waals surface area contributed by atoms with Gasteiger partial charge in [0.1, 0.15) is 23.4 Å². The largest absolute Gasteiger partial charge is 0.497 e. The molecule has 2 bridgehead atoms. The van der Waals surface area contributed by atoms with E-state index in [0.717, 1.165) is 18.6 Å². The molecule has 144 valence electrons. The standard InChI is InChI=1S/C22H21NO5/c1-26-14-6-8-16(9-7-14)27-15-4-2-13(3-5-15)23-21(24)19-12-10-17-18(11-12)28-22(25)20(17)19/h2-9,12,17-20H,10-11H2,1H3,(H,23,24)/t12-,17+,18-,19-,20-/m1/s1. The van der Waals surface area contributed by atoms with Crippen molar-refractivity contribution in [3.8, 4) is 17.2 Å². The minimum absolute atomic E-state index is 0.0425. The van der Waals surface area contributed by atoms with Crippen LogP contribution in [-0.2, 0) is 14.3 Å². The predicted octanol–water partition coefficient (Wildman–Crippen LogP) is 3.62. The van der Waals surface area contributed by atoms with Gasteiger partial charge in [-0.25, -0.2) is 0 Å². The van der Waals surface area contributed by atoms with Crippen LogP contribution in [0.3, 0.4) is 0 Å². The lowest BCUT2D eigenvalue weighted by Crippen LogP contribution is -2.35. The molecule has 1 amide bonds. The first-order valence-corrected chi connectivity index (χ1v) is 9.56. The first-order valence-electron chi connectivity index (χ1n) is 9.56. The lowest BCUT2D eigenvalue weighted by atomic mass is 9.79. The molecule has 1 aliphatic heterocycles. The minimum atomic E-state index is -0.272. The highest BCUT2D eigenvalue weighted by Gasteiger charge is 2.63. The highest BCUT2D eigenvalue weighted by molar-refractivity contribution is 5.97. The molecular weight excluding hydrogens is 358 g/mol. The fourth-order valence-corrected chi connectivity index (χ4v) is 4.97. The van der Waals surface area contributed by atoms with Crippen LogP contribution in [0.25, 0.3) is 0 Å². The molecule has 6 nitrogen and oxygen atoms in total. The molecule has 5 rings (SSSR count). The van der Waals surface area contributed by atoms with Gasteiger partial charge in [-0.15, -0.1) is 0 Å². The zero-order valence-corrected chi connectivity index (χ0v) is 15.5. The third-order valence-corrected chi connectivity index (χ3v) is 6.20. The van der Waals surface area contributed by atoms with Gasteiger partial charge in [-0.3, -0.25) is 9.59 Å². The molecule has 2 aromatic rings. The van der Waals surface area contributed by atoms with E-state index in [-0.39, 0.29) is 41.7 Å². The van der Waals surface area contributed by atoms with Gasteiger partial charge < -0.3 is 19.5 Å². The Morgan fingerprint density at radius 3 is 2.32 bits per heavy atom. The van der Waals surface area contributed by atoms with Gasteiger partial charge in [-0.2, -0.15) is 0 Å². The van der Waals surface area contributed by atoms with Crippen molar-refractivity contribution in [2.45, 2.75) is 18.9 Å². The molecule has 0 unspecified atom stereocenters. The smallest absolute Gasteiger partial charge is 0.310 e. The monoisotopic (exact) mass is 379 g/mol. The molecule has 1 saturated heterocycles. The Labute approximate surface area is 162 Å². The van der Waals surface area contributed by atoms with Crippen molar-refractivity contribution in [3.63, 3.8) is 0 Å². The summed E-state index contributed by atoms with van der Waals surface area (Å²) in [5.74, 6) is 1.81. The molecule has 1 N–H and O–H groups in total. The Morgan fingerprint density at radius 1 is 1.00 bits per heavy atom. The second-order valence-electron chi connectivity index (χ2n) is 7.71.